The number of carbonyl (C=O) groups excluding carboxylic acids is 2. The second kappa shape index (κ2) is 8.05. The summed E-state index contributed by atoms with van der Waals surface area (Å²) in [5, 5.41) is 3.13. The van der Waals surface area contributed by atoms with Crippen LogP contribution in [0.3, 0.4) is 0 Å². The molecule has 3 aromatic rings. The predicted octanol–water partition coefficient (Wildman–Crippen LogP) is 2.74. The SMILES string of the molecule is CC(=O)c1cccc(S(=O)(=O)N2CCc3nc(NC(=O)c4ccccn4)sc3C2)c1. The van der Waals surface area contributed by atoms with E-state index in [9.17, 15) is 18.0 Å². The van der Waals surface area contributed by atoms with Crippen LogP contribution in [0.2, 0.25) is 0 Å². The molecule has 0 saturated heterocycles. The Kier molecular flexibility index (Phi) is 5.46. The molecule has 2 aromatic heterocycles. The summed E-state index contributed by atoms with van der Waals surface area (Å²) < 4.78 is 27.5. The minimum Gasteiger partial charge on any atom is -0.296 e. The number of Topliss-reactive ketones (excluding diaryl/α,β-unsaturated/α-hetero) is 1. The van der Waals surface area contributed by atoms with Crippen LogP contribution >= 0.6 is 11.3 Å². The van der Waals surface area contributed by atoms with Crippen molar-refractivity contribution >= 4 is 38.2 Å². The zero-order valence-electron chi connectivity index (χ0n) is 16.0. The van der Waals surface area contributed by atoms with E-state index >= 15 is 0 Å². The number of rotatable bonds is 5. The molecular formula is C20H18N4O4S2. The van der Waals surface area contributed by atoms with Crippen molar-refractivity contribution < 1.29 is 18.0 Å². The van der Waals surface area contributed by atoms with E-state index < -0.39 is 10.0 Å². The fourth-order valence-electron chi connectivity index (χ4n) is 3.11. The predicted molar refractivity (Wildman–Crippen MR) is 112 cm³/mol. The van der Waals surface area contributed by atoms with E-state index in [-0.39, 0.29) is 35.4 Å². The van der Waals surface area contributed by atoms with Crippen LogP contribution < -0.4 is 5.32 Å². The Bertz CT molecular complexity index is 1220. The molecule has 30 heavy (non-hydrogen) atoms. The van der Waals surface area contributed by atoms with Crippen molar-refractivity contribution in [3.63, 3.8) is 0 Å². The number of benzene rings is 1. The smallest absolute Gasteiger partial charge is 0.276 e. The van der Waals surface area contributed by atoms with Crippen molar-refractivity contribution in [3.05, 3.63) is 70.5 Å². The van der Waals surface area contributed by atoms with E-state index in [1.807, 2.05) is 0 Å². The molecule has 0 aliphatic carbocycles. The van der Waals surface area contributed by atoms with Crippen molar-refractivity contribution in [1.29, 1.82) is 0 Å². The van der Waals surface area contributed by atoms with E-state index in [2.05, 4.69) is 15.3 Å². The van der Waals surface area contributed by atoms with Crippen molar-refractivity contribution in [2.24, 2.45) is 0 Å². The third-order valence-corrected chi connectivity index (χ3v) is 7.53. The van der Waals surface area contributed by atoms with E-state index in [1.165, 1.54) is 40.9 Å². The van der Waals surface area contributed by atoms with Gasteiger partial charge in [0.05, 0.1) is 17.1 Å². The summed E-state index contributed by atoms with van der Waals surface area (Å²) >= 11 is 1.25. The van der Waals surface area contributed by atoms with Gasteiger partial charge < -0.3 is 0 Å². The summed E-state index contributed by atoms with van der Waals surface area (Å²) in [5.41, 5.74) is 1.41. The van der Waals surface area contributed by atoms with E-state index in [4.69, 9.17) is 0 Å². The molecule has 0 atom stereocenters. The van der Waals surface area contributed by atoms with Gasteiger partial charge in [-0.2, -0.15) is 4.31 Å². The van der Waals surface area contributed by atoms with Crippen LogP contribution in [-0.2, 0) is 23.0 Å². The molecule has 8 nitrogen and oxygen atoms in total. The average Bonchev–Trinajstić information content (AvgIpc) is 3.15. The first kappa shape index (κ1) is 20.3. The molecule has 0 unspecified atom stereocenters. The Balaban J connectivity index is 1.53. The second-order valence-electron chi connectivity index (χ2n) is 6.73. The zero-order valence-corrected chi connectivity index (χ0v) is 17.7. The van der Waals surface area contributed by atoms with Gasteiger partial charge in [-0.3, -0.25) is 19.9 Å². The van der Waals surface area contributed by atoms with Gasteiger partial charge in [0.2, 0.25) is 10.0 Å². The highest BCUT2D eigenvalue weighted by Gasteiger charge is 2.31. The number of hydrogen-bond acceptors (Lipinski definition) is 7. The lowest BCUT2D eigenvalue weighted by Gasteiger charge is -2.25. The highest BCUT2D eigenvalue weighted by molar-refractivity contribution is 7.89. The van der Waals surface area contributed by atoms with Crippen LogP contribution in [-0.4, -0.2) is 40.9 Å². The fourth-order valence-corrected chi connectivity index (χ4v) is 5.67. The molecule has 10 heteroatoms. The normalized spacial score (nSPS) is 14.2. The van der Waals surface area contributed by atoms with Crippen LogP contribution in [0.5, 0.6) is 0 Å². The molecule has 3 heterocycles. The summed E-state index contributed by atoms with van der Waals surface area (Å²) in [5.74, 6) is -0.559. The largest absolute Gasteiger partial charge is 0.296 e. The Morgan fingerprint density at radius 2 is 2.00 bits per heavy atom. The maximum absolute atomic E-state index is 13.1. The first-order chi connectivity index (χ1) is 14.3. The standard InChI is InChI=1S/C20H18N4O4S2/c1-13(25)14-5-4-6-15(11-14)30(27,28)24-10-8-16-18(12-24)29-20(22-16)23-19(26)17-7-2-3-9-21-17/h2-7,9,11H,8,10,12H2,1H3,(H,22,23,26). The molecule has 1 aliphatic heterocycles. The first-order valence-electron chi connectivity index (χ1n) is 9.17. The van der Waals surface area contributed by atoms with Gasteiger partial charge >= 0.3 is 0 Å². The van der Waals surface area contributed by atoms with Gasteiger partial charge in [0, 0.05) is 29.6 Å². The molecule has 1 amide bonds. The van der Waals surface area contributed by atoms with E-state index in [0.717, 1.165) is 10.6 Å². The molecule has 0 bridgehead atoms. The number of ketones is 1. The van der Waals surface area contributed by atoms with E-state index in [0.29, 0.717) is 17.1 Å². The number of anilines is 1. The summed E-state index contributed by atoms with van der Waals surface area (Å²) in [6.45, 7) is 1.84. The van der Waals surface area contributed by atoms with Crippen molar-refractivity contribution in [2.75, 3.05) is 11.9 Å². The molecule has 154 valence electrons. The lowest BCUT2D eigenvalue weighted by Crippen LogP contribution is -2.35. The van der Waals surface area contributed by atoms with Crippen molar-refractivity contribution in [3.8, 4) is 0 Å². The van der Waals surface area contributed by atoms with Gasteiger partial charge in [-0.25, -0.2) is 13.4 Å². The fraction of sp³-hybridized carbons (Fsp3) is 0.200. The number of pyridine rings is 1. The number of carbonyl (C=O) groups is 2. The lowest BCUT2D eigenvalue weighted by molar-refractivity contribution is 0.101. The molecule has 1 aromatic carbocycles. The Morgan fingerprint density at radius 3 is 2.73 bits per heavy atom. The lowest BCUT2D eigenvalue weighted by atomic mass is 10.2. The average molecular weight is 443 g/mol. The number of hydrogen-bond donors (Lipinski definition) is 1. The molecule has 0 radical (unpaired) electrons. The van der Waals surface area contributed by atoms with Crippen molar-refractivity contribution in [1.82, 2.24) is 14.3 Å². The quantitative estimate of drug-likeness (QED) is 0.609. The van der Waals surface area contributed by atoms with Crippen LogP contribution in [0.25, 0.3) is 0 Å². The Labute approximate surface area is 177 Å². The number of amides is 1. The second-order valence-corrected chi connectivity index (χ2v) is 9.75. The Morgan fingerprint density at radius 1 is 1.17 bits per heavy atom. The van der Waals surface area contributed by atoms with Crippen LogP contribution in [0.1, 0.15) is 38.3 Å². The van der Waals surface area contributed by atoms with E-state index in [1.54, 1.807) is 30.3 Å². The summed E-state index contributed by atoms with van der Waals surface area (Å²) in [6, 6.07) is 11.1. The zero-order chi connectivity index (χ0) is 21.3. The minimum atomic E-state index is -3.75. The van der Waals surface area contributed by atoms with Crippen LogP contribution in [0, 0.1) is 0 Å². The molecule has 0 saturated carbocycles. The number of fused-ring (bicyclic) bond motifs is 1. The molecule has 1 N–H and O–H groups in total. The highest BCUT2D eigenvalue weighted by atomic mass is 32.2. The molecule has 1 aliphatic rings. The number of thiazole rings is 1. The summed E-state index contributed by atoms with van der Waals surface area (Å²) in [6.07, 6.45) is 1.97. The number of nitrogens with zero attached hydrogens (tertiary/aromatic N) is 3. The van der Waals surface area contributed by atoms with Gasteiger partial charge in [-0.1, -0.05) is 18.2 Å². The number of nitrogens with one attached hydrogen (secondary N) is 1. The third kappa shape index (κ3) is 4.02. The third-order valence-electron chi connectivity index (χ3n) is 4.69. The molecule has 0 fully saturated rings. The maximum Gasteiger partial charge on any atom is 0.276 e. The monoisotopic (exact) mass is 442 g/mol. The molecule has 4 rings (SSSR count). The molecular weight excluding hydrogens is 424 g/mol. The topological polar surface area (TPSA) is 109 Å². The van der Waals surface area contributed by atoms with Crippen molar-refractivity contribution in [2.45, 2.75) is 24.8 Å². The van der Waals surface area contributed by atoms with Gasteiger partial charge in [-0.05, 0) is 31.2 Å². The Hall–Kier alpha value is -2.95. The van der Waals surface area contributed by atoms with Gasteiger partial charge in [0.15, 0.2) is 10.9 Å². The number of aromatic nitrogens is 2. The van der Waals surface area contributed by atoms with Gasteiger partial charge in [0.1, 0.15) is 5.69 Å². The van der Waals surface area contributed by atoms with Gasteiger partial charge in [0.25, 0.3) is 5.91 Å². The minimum absolute atomic E-state index is 0.0897. The summed E-state index contributed by atoms with van der Waals surface area (Å²) in [4.78, 5) is 33.2. The summed E-state index contributed by atoms with van der Waals surface area (Å²) in [7, 11) is -3.75. The van der Waals surface area contributed by atoms with Crippen LogP contribution in [0.15, 0.2) is 53.6 Å². The number of sulfonamides is 1. The molecule has 0 spiro atoms. The maximum atomic E-state index is 13.1. The van der Waals surface area contributed by atoms with Crippen LogP contribution in [0.4, 0.5) is 5.13 Å². The first-order valence-corrected chi connectivity index (χ1v) is 11.4. The van der Waals surface area contributed by atoms with Gasteiger partial charge in [-0.15, -0.1) is 11.3 Å². The highest BCUT2D eigenvalue weighted by Crippen LogP contribution is 2.31.